The Hall–Kier alpha value is -3.40. The van der Waals surface area contributed by atoms with E-state index in [2.05, 4.69) is 20.5 Å². The zero-order chi connectivity index (χ0) is 20.6. The molecule has 2 aromatic heterocycles. The van der Waals surface area contributed by atoms with Crippen LogP contribution >= 0.6 is 0 Å². The van der Waals surface area contributed by atoms with Crippen molar-refractivity contribution in [2.24, 2.45) is 0 Å². The van der Waals surface area contributed by atoms with Gasteiger partial charge in [0.2, 0.25) is 0 Å². The number of halogens is 4. The average Bonchev–Trinajstić information content (AvgIpc) is 3.22. The van der Waals surface area contributed by atoms with Crippen molar-refractivity contribution in [3.05, 3.63) is 83.8 Å². The van der Waals surface area contributed by atoms with E-state index >= 15 is 0 Å². The number of pyridine rings is 1. The van der Waals surface area contributed by atoms with Gasteiger partial charge in [-0.3, -0.25) is 4.98 Å². The van der Waals surface area contributed by atoms with E-state index in [-0.39, 0.29) is 5.69 Å². The molecule has 2 atom stereocenters. The Kier molecular flexibility index (Phi) is 4.71. The summed E-state index contributed by atoms with van der Waals surface area (Å²) in [6, 6.07) is 10.3. The van der Waals surface area contributed by atoms with Crippen molar-refractivity contribution >= 4 is 10.9 Å². The minimum absolute atomic E-state index is 0.0254. The van der Waals surface area contributed by atoms with Crippen LogP contribution < -0.4 is 0 Å². The van der Waals surface area contributed by atoms with Gasteiger partial charge in [0.25, 0.3) is 6.43 Å². The van der Waals surface area contributed by atoms with E-state index in [0.717, 1.165) is 28.5 Å². The third-order valence-corrected chi connectivity index (χ3v) is 4.64. The van der Waals surface area contributed by atoms with Crippen LogP contribution in [0.1, 0.15) is 17.3 Å². The van der Waals surface area contributed by atoms with E-state index in [0.29, 0.717) is 11.6 Å². The number of aromatic nitrogens is 5. The quantitative estimate of drug-likeness (QED) is 0.518. The molecule has 0 radical (unpaired) electrons. The molecule has 0 aliphatic heterocycles. The number of para-hydroxylation sites is 1. The van der Waals surface area contributed by atoms with Crippen molar-refractivity contribution in [3.8, 4) is 0 Å². The van der Waals surface area contributed by atoms with Crippen molar-refractivity contribution in [2.75, 3.05) is 0 Å². The van der Waals surface area contributed by atoms with Crippen LogP contribution in [-0.4, -0.2) is 36.7 Å². The maximum atomic E-state index is 14.5. The van der Waals surface area contributed by atoms with Crippen molar-refractivity contribution in [3.63, 3.8) is 0 Å². The Morgan fingerprint density at radius 3 is 2.48 bits per heavy atom. The van der Waals surface area contributed by atoms with Gasteiger partial charge >= 0.3 is 0 Å². The lowest BCUT2D eigenvalue weighted by atomic mass is 9.84. The molecule has 10 heteroatoms. The smallest absolute Gasteiger partial charge is 0.273 e. The number of hydrogen-bond acceptors (Lipinski definition) is 5. The van der Waals surface area contributed by atoms with Gasteiger partial charge in [0.15, 0.2) is 5.60 Å². The first-order valence-electron chi connectivity index (χ1n) is 8.45. The van der Waals surface area contributed by atoms with Gasteiger partial charge in [0.05, 0.1) is 11.2 Å². The lowest BCUT2D eigenvalue weighted by Crippen LogP contribution is -2.45. The van der Waals surface area contributed by atoms with Crippen molar-refractivity contribution < 1.29 is 22.7 Å². The Balaban J connectivity index is 1.98. The standard InChI is InChI=1S/C19H13F4N5O/c20-12-6-7-13(14(21)9-12)19(29,18(22)23)17(28-10-24-26-27-28)16-8-5-11-3-1-2-4-15(11)25-16/h1-10,17-18,29H. The highest BCUT2D eigenvalue weighted by Crippen LogP contribution is 2.43. The first kappa shape index (κ1) is 18.9. The molecule has 2 aromatic carbocycles. The molecule has 4 rings (SSSR count). The van der Waals surface area contributed by atoms with Crippen LogP contribution in [0.3, 0.4) is 0 Å². The largest absolute Gasteiger partial charge is 0.377 e. The molecule has 0 fully saturated rings. The normalized spacial score (nSPS) is 14.8. The SMILES string of the molecule is OC(c1ccc(F)cc1F)(C(F)F)C(c1ccc2ccccc2n1)n1cnnn1. The molecule has 0 saturated heterocycles. The van der Waals surface area contributed by atoms with Gasteiger partial charge in [0, 0.05) is 17.0 Å². The number of alkyl halides is 2. The lowest BCUT2D eigenvalue weighted by molar-refractivity contribution is -0.130. The van der Waals surface area contributed by atoms with Gasteiger partial charge in [-0.1, -0.05) is 24.3 Å². The van der Waals surface area contributed by atoms with E-state index in [1.54, 1.807) is 30.3 Å². The Bertz CT molecular complexity index is 1150. The Morgan fingerprint density at radius 1 is 1.00 bits per heavy atom. The molecule has 4 aromatic rings. The molecule has 0 amide bonds. The van der Waals surface area contributed by atoms with Crippen LogP contribution in [0.4, 0.5) is 17.6 Å². The van der Waals surface area contributed by atoms with Crippen LogP contribution in [0.2, 0.25) is 0 Å². The van der Waals surface area contributed by atoms with Gasteiger partial charge in [-0.05, 0) is 34.7 Å². The van der Waals surface area contributed by atoms with Gasteiger partial charge < -0.3 is 5.11 Å². The molecule has 0 bridgehead atoms. The highest BCUT2D eigenvalue weighted by Gasteiger charge is 2.52. The summed E-state index contributed by atoms with van der Waals surface area (Å²) in [4.78, 5) is 4.35. The zero-order valence-electron chi connectivity index (χ0n) is 14.6. The maximum absolute atomic E-state index is 14.5. The number of benzene rings is 2. The molecule has 0 saturated carbocycles. The Morgan fingerprint density at radius 2 is 1.79 bits per heavy atom. The van der Waals surface area contributed by atoms with Crippen LogP contribution in [-0.2, 0) is 5.60 Å². The highest BCUT2D eigenvalue weighted by atomic mass is 19.3. The fourth-order valence-electron chi connectivity index (χ4n) is 3.28. The number of rotatable bonds is 5. The van der Waals surface area contributed by atoms with Gasteiger partial charge in [-0.25, -0.2) is 22.2 Å². The molecule has 2 heterocycles. The first-order chi connectivity index (χ1) is 13.9. The van der Waals surface area contributed by atoms with Crippen molar-refractivity contribution in [1.29, 1.82) is 0 Å². The molecule has 0 aliphatic rings. The van der Waals surface area contributed by atoms with Crippen LogP contribution in [0, 0.1) is 11.6 Å². The zero-order valence-corrected chi connectivity index (χ0v) is 14.6. The third-order valence-electron chi connectivity index (χ3n) is 4.64. The van der Waals surface area contributed by atoms with Crippen LogP contribution in [0.5, 0.6) is 0 Å². The van der Waals surface area contributed by atoms with Crippen molar-refractivity contribution in [2.45, 2.75) is 18.1 Å². The molecule has 2 unspecified atom stereocenters. The number of fused-ring (bicyclic) bond motifs is 1. The van der Waals surface area contributed by atoms with Crippen LogP contribution in [0.25, 0.3) is 10.9 Å². The number of tetrazole rings is 1. The molecule has 29 heavy (non-hydrogen) atoms. The van der Waals surface area contributed by atoms with Gasteiger partial charge in [-0.15, -0.1) is 5.10 Å². The minimum Gasteiger partial charge on any atom is -0.377 e. The summed E-state index contributed by atoms with van der Waals surface area (Å²) in [6.07, 6.45) is -2.47. The molecule has 148 valence electrons. The second-order valence-corrected chi connectivity index (χ2v) is 6.37. The molecular formula is C19H13F4N5O. The fourth-order valence-corrected chi connectivity index (χ4v) is 3.28. The van der Waals surface area contributed by atoms with Crippen molar-refractivity contribution in [1.82, 2.24) is 25.2 Å². The summed E-state index contributed by atoms with van der Waals surface area (Å²) in [5, 5.41) is 22.3. The summed E-state index contributed by atoms with van der Waals surface area (Å²) < 4.78 is 57.2. The summed E-state index contributed by atoms with van der Waals surface area (Å²) >= 11 is 0. The molecule has 0 aliphatic carbocycles. The minimum atomic E-state index is -3.48. The summed E-state index contributed by atoms with van der Waals surface area (Å²) in [5.41, 5.74) is -3.49. The van der Waals surface area contributed by atoms with E-state index in [1.165, 1.54) is 6.07 Å². The van der Waals surface area contributed by atoms with Crippen LogP contribution in [0.15, 0.2) is 60.9 Å². The molecule has 6 nitrogen and oxygen atoms in total. The molecule has 0 spiro atoms. The topological polar surface area (TPSA) is 76.7 Å². The molecule has 1 N–H and O–H groups in total. The lowest BCUT2D eigenvalue weighted by Gasteiger charge is -2.35. The van der Waals surface area contributed by atoms with E-state index < -0.39 is 35.3 Å². The van der Waals surface area contributed by atoms with Gasteiger partial charge in [-0.2, -0.15) is 0 Å². The predicted molar refractivity (Wildman–Crippen MR) is 94.0 cm³/mol. The van der Waals surface area contributed by atoms with E-state index in [4.69, 9.17) is 0 Å². The Labute approximate surface area is 161 Å². The van der Waals surface area contributed by atoms with Gasteiger partial charge in [0.1, 0.15) is 24.0 Å². The predicted octanol–water partition coefficient (Wildman–Crippen LogP) is 3.24. The maximum Gasteiger partial charge on any atom is 0.273 e. The highest BCUT2D eigenvalue weighted by molar-refractivity contribution is 5.78. The summed E-state index contributed by atoms with van der Waals surface area (Å²) in [7, 11) is 0. The number of hydrogen-bond donors (Lipinski definition) is 1. The summed E-state index contributed by atoms with van der Waals surface area (Å²) in [5.74, 6) is -2.29. The summed E-state index contributed by atoms with van der Waals surface area (Å²) in [6.45, 7) is 0. The van der Waals surface area contributed by atoms with E-state index in [9.17, 15) is 22.7 Å². The average molecular weight is 403 g/mol. The monoisotopic (exact) mass is 403 g/mol. The molecular weight excluding hydrogens is 390 g/mol. The van der Waals surface area contributed by atoms with E-state index in [1.807, 2.05) is 0 Å². The number of aliphatic hydroxyl groups is 1. The first-order valence-corrected chi connectivity index (χ1v) is 8.45. The number of nitrogens with zero attached hydrogens (tertiary/aromatic N) is 5. The fraction of sp³-hybridized carbons (Fsp3) is 0.158. The third kappa shape index (κ3) is 3.21. The second kappa shape index (κ2) is 7.21. The second-order valence-electron chi connectivity index (χ2n) is 6.37.